The second-order valence-corrected chi connectivity index (χ2v) is 12.1. The van der Waals surface area contributed by atoms with E-state index in [0.29, 0.717) is 0 Å². The van der Waals surface area contributed by atoms with Crippen LogP contribution >= 0.6 is 0 Å². The maximum Gasteiger partial charge on any atom is 0.0193 e. The summed E-state index contributed by atoms with van der Waals surface area (Å²) in [6, 6.07) is 2.29. The van der Waals surface area contributed by atoms with Gasteiger partial charge in [0.2, 0.25) is 0 Å². The average molecular weight is 500 g/mol. The van der Waals surface area contributed by atoms with Gasteiger partial charge in [-0.1, -0.05) is 62.8 Å². The Bertz CT molecular complexity index is 401. The molecule has 0 aromatic heterocycles. The zero-order chi connectivity index (χ0) is 24.8. The van der Waals surface area contributed by atoms with E-state index in [1.54, 1.807) is 0 Å². The third-order valence-electron chi connectivity index (χ3n) is 7.02. The molecule has 0 amide bonds. The van der Waals surface area contributed by atoms with Crippen molar-refractivity contribution in [1.82, 2.24) is 25.3 Å². The van der Waals surface area contributed by atoms with Crippen LogP contribution in [-0.2, 0) is 0 Å². The number of nitrogens with zero attached hydrogens (tertiary/aromatic N) is 3. The molecule has 0 aromatic carbocycles. The van der Waals surface area contributed by atoms with E-state index in [-0.39, 0.29) is 14.9 Å². The molecule has 0 spiro atoms. The van der Waals surface area contributed by atoms with Crippen molar-refractivity contribution in [1.29, 1.82) is 0 Å². The summed E-state index contributed by atoms with van der Waals surface area (Å²) in [6.07, 6.45) is 4.26. The molecule has 2 N–H and O–H groups in total. The van der Waals surface area contributed by atoms with E-state index in [4.69, 9.17) is 0 Å². The summed E-state index contributed by atoms with van der Waals surface area (Å²) in [5.74, 6) is 2.43. The van der Waals surface area contributed by atoms with E-state index in [1.807, 2.05) is 0 Å². The third kappa shape index (κ3) is 17.0. The standard InChI is InChI=1S/C10H21N.2C9H20N2.2CH4/c1-9(2)8-11-7-5-4-6-10(11)3;2*1-8(2)7-11-5-4-10-6-9(11)3;;/h9-10H,4-8H2,1-3H3;2*8-10H,4-7H2,1-3H3;2*1H4/t;2*9-;;/m.10../s1. The Morgan fingerprint density at radius 1 is 0.571 bits per heavy atom. The topological polar surface area (TPSA) is 33.8 Å². The van der Waals surface area contributed by atoms with Crippen LogP contribution in [0, 0.1) is 17.8 Å². The fraction of sp³-hybridized carbons (Fsp3) is 1.00. The van der Waals surface area contributed by atoms with Gasteiger partial charge in [0.25, 0.3) is 0 Å². The molecule has 3 atom stereocenters. The van der Waals surface area contributed by atoms with Gasteiger partial charge in [-0.2, -0.15) is 0 Å². The third-order valence-corrected chi connectivity index (χ3v) is 7.02. The lowest BCUT2D eigenvalue weighted by molar-refractivity contribution is 0.144. The summed E-state index contributed by atoms with van der Waals surface area (Å²) in [5, 5.41) is 6.79. The van der Waals surface area contributed by atoms with E-state index < -0.39 is 0 Å². The Hall–Kier alpha value is -0.200. The van der Waals surface area contributed by atoms with Gasteiger partial charge in [-0.05, 0) is 57.9 Å². The van der Waals surface area contributed by atoms with Crippen LogP contribution in [0.15, 0.2) is 0 Å². The Morgan fingerprint density at radius 3 is 1.26 bits per heavy atom. The number of piperidine rings is 1. The highest BCUT2D eigenvalue weighted by Gasteiger charge is 2.19. The molecule has 0 aromatic rings. The molecule has 5 heteroatoms. The van der Waals surface area contributed by atoms with Crippen molar-refractivity contribution in [2.75, 3.05) is 65.4 Å². The van der Waals surface area contributed by atoms with Crippen LogP contribution in [0.4, 0.5) is 0 Å². The second kappa shape index (κ2) is 20.8. The molecule has 214 valence electrons. The minimum Gasteiger partial charge on any atom is -0.314 e. The Labute approximate surface area is 223 Å². The summed E-state index contributed by atoms with van der Waals surface area (Å²) in [4.78, 5) is 7.77. The van der Waals surface area contributed by atoms with Gasteiger partial charge in [0.05, 0.1) is 0 Å². The Kier molecular flexibility index (Phi) is 22.0. The number of hydrogen-bond donors (Lipinski definition) is 2. The highest BCUT2D eigenvalue weighted by atomic mass is 15.2. The molecule has 3 saturated heterocycles. The number of nitrogens with one attached hydrogen (secondary N) is 2. The van der Waals surface area contributed by atoms with E-state index >= 15 is 0 Å². The predicted octanol–water partition coefficient (Wildman–Crippen LogP) is 5.66. The van der Waals surface area contributed by atoms with Gasteiger partial charge in [0, 0.05) is 77.0 Å². The zero-order valence-corrected chi connectivity index (χ0v) is 24.0. The van der Waals surface area contributed by atoms with Crippen molar-refractivity contribution >= 4 is 0 Å². The quantitative estimate of drug-likeness (QED) is 0.493. The highest BCUT2D eigenvalue weighted by Crippen LogP contribution is 2.17. The molecule has 0 bridgehead atoms. The fourth-order valence-corrected chi connectivity index (χ4v) is 5.14. The summed E-state index contributed by atoms with van der Waals surface area (Å²) in [7, 11) is 0. The lowest BCUT2D eigenvalue weighted by Crippen LogP contribution is -2.50. The van der Waals surface area contributed by atoms with Gasteiger partial charge >= 0.3 is 0 Å². The molecular formula is C30H69N5. The molecule has 0 aliphatic carbocycles. The summed E-state index contributed by atoms with van der Waals surface area (Å²) >= 11 is 0. The van der Waals surface area contributed by atoms with E-state index in [9.17, 15) is 0 Å². The van der Waals surface area contributed by atoms with Crippen LogP contribution in [0.5, 0.6) is 0 Å². The first kappa shape index (κ1) is 37.0. The molecule has 3 aliphatic heterocycles. The van der Waals surface area contributed by atoms with Crippen LogP contribution < -0.4 is 10.6 Å². The van der Waals surface area contributed by atoms with Crippen molar-refractivity contribution in [2.24, 2.45) is 17.8 Å². The summed E-state index contributed by atoms with van der Waals surface area (Å²) < 4.78 is 0. The van der Waals surface area contributed by atoms with Crippen LogP contribution in [0.1, 0.15) is 96.4 Å². The van der Waals surface area contributed by atoms with Crippen molar-refractivity contribution in [3.05, 3.63) is 0 Å². The molecule has 0 radical (unpaired) electrons. The van der Waals surface area contributed by atoms with Crippen LogP contribution in [0.25, 0.3) is 0 Å². The van der Waals surface area contributed by atoms with Crippen molar-refractivity contribution in [3.63, 3.8) is 0 Å². The first-order valence-corrected chi connectivity index (χ1v) is 14.2. The smallest absolute Gasteiger partial charge is 0.0193 e. The second-order valence-electron chi connectivity index (χ2n) is 12.1. The maximum absolute atomic E-state index is 3.40. The molecule has 3 heterocycles. The molecule has 1 unspecified atom stereocenters. The Balaban J connectivity index is 0. The first-order chi connectivity index (χ1) is 15.6. The van der Waals surface area contributed by atoms with E-state index in [2.05, 4.69) is 87.6 Å². The summed E-state index contributed by atoms with van der Waals surface area (Å²) in [6.45, 7) is 32.9. The minimum atomic E-state index is 0. The van der Waals surface area contributed by atoms with Gasteiger partial charge in [-0.15, -0.1) is 0 Å². The largest absolute Gasteiger partial charge is 0.314 e. The SMILES string of the molecule is C.C.CC(C)CN1CCCCC1C.CC(C)CN1CCNC[C@@H]1C.CC(C)CN1CCNC[C@H]1C. The number of hydrogen-bond acceptors (Lipinski definition) is 5. The van der Waals surface area contributed by atoms with Gasteiger partial charge in [0.15, 0.2) is 0 Å². The molecule has 35 heavy (non-hydrogen) atoms. The van der Waals surface area contributed by atoms with Crippen molar-refractivity contribution in [3.8, 4) is 0 Å². The van der Waals surface area contributed by atoms with Gasteiger partial charge < -0.3 is 15.5 Å². The van der Waals surface area contributed by atoms with Crippen LogP contribution in [-0.4, -0.2) is 98.3 Å². The number of likely N-dealkylation sites (tertiary alicyclic amines) is 1. The lowest BCUT2D eigenvalue weighted by atomic mass is 10.0. The van der Waals surface area contributed by atoms with Crippen LogP contribution in [0.3, 0.4) is 0 Å². The minimum absolute atomic E-state index is 0. The highest BCUT2D eigenvalue weighted by molar-refractivity contribution is 4.77. The predicted molar refractivity (Wildman–Crippen MR) is 161 cm³/mol. The van der Waals surface area contributed by atoms with E-state index in [0.717, 1.165) is 62.1 Å². The molecule has 3 fully saturated rings. The molecule has 3 rings (SSSR count). The first-order valence-electron chi connectivity index (χ1n) is 14.2. The summed E-state index contributed by atoms with van der Waals surface area (Å²) in [5.41, 5.74) is 0. The van der Waals surface area contributed by atoms with Gasteiger partial charge in [0.1, 0.15) is 0 Å². The zero-order valence-electron chi connectivity index (χ0n) is 24.0. The average Bonchev–Trinajstić information content (AvgIpc) is 2.73. The van der Waals surface area contributed by atoms with Crippen molar-refractivity contribution < 1.29 is 0 Å². The molecule has 3 aliphatic rings. The van der Waals surface area contributed by atoms with Crippen LogP contribution in [0.2, 0.25) is 0 Å². The van der Waals surface area contributed by atoms with Gasteiger partial charge in [-0.25, -0.2) is 0 Å². The number of rotatable bonds is 6. The van der Waals surface area contributed by atoms with E-state index in [1.165, 1.54) is 58.5 Å². The monoisotopic (exact) mass is 500 g/mol. The maximum atomic E-state index is 3.40. The number of piperazine rings is 2. The van der Waals surface area contributed by atoms with Gasteiger partial charge in [-0.3, -0.25) is 9.80 Å². The normalized spacial score (nSPS) is 26.2. The lowest BCUT2D eigenvalue weighted by Gasteiger charge is -2.34. The van der Waals surface area contributed by atoms with Crippen molar-refractivity contribution in [2.45, 2.75) is 115 Å². The molecule has 0 saturated carbocycles. The fourth-order valence-electron chi connectivity index (χ4n) is 5.14. The molecule has 5 nitrogen and oxygen atoms in total. The Morgan fingerprint density at radius 2 is 0.943 bits per heavy atom. The molecular weight excluding hydrogens is 430 g/mol.